The fourth-order valence-electron chi connectivity index (χ4n) is 3.83. The molecule has 8 nitrogen and oxygen atoms in total. The number of hydrogen-bond donors (Lipinski definition) is 0. The summed E-state index contributed by atoms with van der Waals surface area (Å²) in [5, 5.41) is 1.91. The number of amides is 1. The molecule has 2 fully saturated rings. The lowest BCUT2D eigenvalue weighted by molar-refractivity contribution is 0.0683. The van der Waals surface area contributed by atoms with E-state index in [0.717, 1.165) is 4.88 Å². The second kappa shape index (κ2) is 8.99. The molecule has 3 heterocycles. The predicted octanol–water partition coefficient (Wildman–Crippen LogP) is 1.60. The molecule has 11 heteroatoms. The first-order chi connectivity index (χ1) is 14.8. The molecule has 0 spiro atoms. The minimum atomic E-state index is -3.65. The van der Waals surface area contributed by atoms with Crippen molar-refractivity contribution in [1.29, 1.82) is 0 Å². The van der Waals surface area contributed by atoms with E-state index in [1.165, 1.54) is 39.9 Å². The number of sulfone groups is 1. The maximum atomic E-state index is 13.3. The monoisotopic (exact) mass is 484 g/mol. The van der Waals surface area contributed by atoms with E-state index in [1.54, 1.807) is 4.90 Å². The average Bonchev–Trinajstić information content (AvgIpc) is 3.41. The van der Waals surface area contributed by atoms with E-state index in [2.05, 4.69) is 0 Å². The highest BCUT2D eigenvalue weighted by Crippen LogP contribution is 2.25. The number of nitrogens with zero attached hydrogens (tertiary/aromatic N) is 2. The first-order valence-electron chi connectivity index (χ1n) is 9.98. The highest BCUT2D eigenvalue weighted by molar-refractivity contribution is 7.91. The summed E-state index contributed by atoms with van der Waals surface area (Å²) in [5.41, 5.74) is 0.335. The average molecular weight is 485 g/mol. The Hall–Kier alpha value is -1.79. The van der Waals surface area contributed by atoms with Crippen molar-refractivity contribution >= 4 is 37.1 Å². The number of hydrogen-bond acceptors (Lipinski definition) is 7. The molecule has 0 aliphatic carbocycles. The molecule has 2 aliphatic rings. The Labute approximate surface area is 186 Å². The predicted molar refractivity (Wildman–Crippen MR) is 117 cm³/mol. The van der Waals surface area contributed by atoms with E-state index in [4.69, 9.17) is 4.74 Å². The molecule has 2 aromatic rings. The van der Waals surface area contributed by atoms with E-state index >= 15 is 0 Å². The Balaban J connectivity index is 1.56. The summed E-state index contributed by atoms with van der Waals surface area (Å²) in [6.45, 7) is 1.64. The third-order valence-corrected chi connectivity index (χ3v) is 10.0. The fourth-order valence-corrected chi connectivity index (χ4v) is 7.67. The van der Waals surface area contributed by atoms with Gasteiger partial charge >= 0.3 is 0 Å². The SMILES string of the molecule is O=C(c1ccc(S(=O)(=O)N2CCOCC2)cc1)N(Cc1cccs1)[C@@H]1CCS(=O)(=O)C1. The molecule has 2 aliphatic heterocycles. The van der Waals surface area contributed by atoms with Gasteiger partial charge in [0.05, 0.1) is 36.2 Å². The van der Waals surface area contributed by atoms with Crippen LogP contribution in [0.2, 0.25) is 0 Å². The van der Waals surface area contributed by atoms with E-state index in [0.29, 0.717) is 44.8 Å². The first-order valence-corrected chi connectivity index (χ1v) is 14.1. The van der Waals surface area contributed by atoms with Gasteiger partial charge in [-0.15, -0.1) is 11.3 Å². The van der Waals surface area contributed by atoms with Gasteiger partial charge in [0.1, 0.15) is 0 Å². The Bertz CT molecular complexity index is 1120. The van der Waals surface area contributed by atoms with Crippen molar-refractivity contribution in [2.45, 2.75) is 23.9 Å². The second-order valence-electron chi connectivity index (χ2n) is 7.61. The zero-order valence-electron chi connectivity index (χ0n) is 16.8. The number of carbonyl (C=O) groups is 1. The van der Waals surface area contributed by atoms with Crippen molar-refractivity contribution in [3.63, 3.8) is 0 Å². The van der Waals surface area contributed by atoms with Crippen molar-refractivity contribution in [1.82, 2.24) is 9.21 Å². The summed E-state index contributed by atoms with van der Waals surface area (Å²) < 4.78 is 56.2. The summed E-state index contributed by atoms with van der Waals surface area (Å²) >= 11 is 1.51. The van der Waals surface area contributed by atoms with Gasteiger partial charge in [0, 0.05) is 29.6 Å². The van der Waals surface area contributed by atoms with E-state index in [9.17, 15) is 21.6 Å². The fraction of sp³-hybridized carbons (Fsp3) is 0.450. The molecular formula is C20H24N2O6S3. The van der Waals surface area contributed by atoms with Gasteiger partial charge in [0.15, 0.2) is 9.84 Å². The van der Waals surface area contributed by atoms with Crippen LogP contribution in [-0.4, -0.2) is 75.8 Å². The lowest BCUT2D eigenvalue weighted by Crippen LogP contribution is -2.41. The second-order valence-corrected chi connectivity index (χ2v) is 12.8. The smallest absolute Gasteiger partial charge is 0.254 e. The molecule has 1 amide bonds. The quantitative estimate of drug-likeness (QED) is 0.617. The van der Waals surface area contributed by atoms with Crippen molar-refractivity contribution in [2.24, 2.45) is 0 Å². The molecule has 0 bridgehead atoms. The van der Waals surface area contributed by atoms with E-state index in [1.807, 2.05) is 17.5 Å². The molecule has 0 radical (unpaired) electrons. The van der Waals surface area contributed by atoms with Crippen molar-refractivity contribution < 1.29 is 26.4 Å². The van der Waals surface area contributed by atoms with Crippen LogP contribution in [0.1, 0.15) is 21.7 Å². The topological polar surface area (TPSA) is 101 Å². The normalized spacial score (nSPS) is 21.7. The molecule has 4 rings (SSSR count). The van der Waals surface area contributed by atoms with Crippen LogP contribution in [0.25, 0.3) is 0 Å². The lowest BCUT2D eigenvalue weighted by atomic mass is 10.1. The maximum Gasteiger partial charge on any atom is 0.254 e. The van der Waals surface area contributed by atoms with Crippen LogP contribution in [-0.2, 0) is 31.1 Å². The van der Waals surface area contributed by atoms with E-state index in [-0.39, 0.29) is 22.3 Å². The third-order valence-electron chi connectivity index (χ3n) is 5.53. The zero-order chi connectivity index (χ0) is 22.1. The van der Waals surface area contributed by atoms with Crippen LogP contribution in [0.5, 0.6) is 0 Å². The molecule has 1 aromatic heterocycles. The molecule has 0 unspecified atom stereocenters. The van der Waals surface area contributed by atoms with Crippen LogP contribution in [0.3, 0.4) is 0 Å². The molecule has 168 valence electrons. The van der Waals surface area contributed by atoms with Gasteiger partial charge < -0.3 is 9.64 Å². The number of sulfonamides is 1. The van der Waals surface area contributed by atoms with Crippen LogP contribution in [0, 0.1) is 0 Å². The number of rotatable bonds is 6. The number of ether oxygens (including phenoxy) is 1. The summed E-state index contributed by atoms with van der Waals surface area (Å²) in [4.78, 5) is 16.0. The molecule has 1 atom stereocenters. The van der Waals surface area contributed by atoms with Gasteiger partial charge in [0.2, 0.25) is 10.0 Å². The summed E-state index contributed by atoms with van der Waals surface area (Å²) in [5.74, 6) is -0.276. The third kappa shape index (κ3) is 5.01. The zero-order valence-corrected chi connectivity index (χ0v) is 19.3. The Morgan fingerprint density at radius 1 is 1.16 bits per heavy atom. The molecule has 0 saturated carbocycles. The van der Waals surface area contributed by atoms with Crippen molar-refractivity contribution in [2.75, 3.05) is 37.8 Å². The van der Waals surface area contributed by atoms with E-state index < -0.39 is 25.9 Å². The van der Waals surface area contributed by atoms with Crippen LogP contribution >= 0.6 is 11.3 Å². The van der Waals surface area contributed by atoms with Crippen molar-refractivity contribution in [3.05, 3.63) is 52.2 Å². The number of benzene rings is 1. The van der Waals surface area contributed by atoms with Crippen LogP contribution in [0.15, 0.2) is 46.7 Å². The number of thiophene rings is 1. The summed E-state index contributed by atoms with van der Waals surface area (Å²) in [6.07, 6.45) is 0.406. The Kier molecular flexibility index (Phi) is 6.50. The van der Waals surface area contributed by atoms with Gasteiger partial charge in [-0.25, -0.2) is 16.8 Å². The van der Waals surface area contributed by atoms with Gasteiger partial charge in [0.25, 0.3) is 5.91 Å². The van der Waals surface area contributed by atoms with Gasteiger partial charge in [-0.05, 0) is 42.1 Å². The standard InChI is InChI=1S/C20H24N2O6S3/c23-20(22(14-18-2-1-12-29-18)17-7-13-30(24,25)15-17)16-3-5-19(6-4-16)31(26,27)21-8-10-28-11-9-21/h1-6,12,17H,7-11,13-15H2/t17-/m1/s1. The Morgan fingerprint density at radius 2 is 1.87 bits per heavy atom. The van der Waals surface area contributed by atoms with Crippen molar-refractivity contribution in [3.8, 4) is 0 Å². The minimum absolute atomic E-state index is 0.0480. The van der Waals surface area contributed by atoms with Crippen LogP contribution in [0.4, 0.5) is 0 Å². The number of carbonyl (C=O) groups excluding carboxylic acids is 1. The highest BCUT2D eigenvalue weighted by atomic mass is 32.2. The molecule has 31 heavy (non-hydrogen) atoms. The number of morpholine rings is 1. The van der Waals surface area contributed by atoms with Gasteiger partial charge in [-0.1, -0.05) is 6.07 Å². The first kappa shape index (κ1) is 22.4. The molecule has 2 saturated heterocycles. The van der Waals surface area contributed by atoms with Gasteiger partial charge in [-0.3, -0.25) is 4.79 Å². The Morgan fingerprint density at radius 3 is 2.45 bits per heavy atom. The molecular weight excluding hydrogens is 460 g/mol. The summed E-state index contributed by atoms with van der Waals surface area (Å²) in [7, 11) is -6.81. The maximum absolute atomic E-state index is 13.3. The van der Waals surface area contributed by atoms with Crippen LogP contribution < -0.4 is 0 Å². The highest BCUT2D eigenvalue weighted by Gasteiger charge is 2.35. The molecule has 0 N–H and O–H groups in total. The van der Waals surface area contributed by atoms with Gasteiger partial charge in [-0.2, -0.15) is 4.31 Å². The summed E-state index contributed by atoms with van der Waals surface area (Å²) in [6, 6.07) is 9.28. The largest absolute Gasteiger partial charge is 0.379 e. The minimum Gasteiger partial charge on any atom is -0.379 e. The molecule has 1 aromatic carbocycles. The lowest BCUT2D eigenvalue weighted by Gasteiger charge is -2.28.